The van der Waals surface area contributed by atoms with E-state index in [-0.39, 0.29) is 17.3 Å². The zero-order valence-electron chi connectivity index (χ0n) is 15.7. The van der Waals surface area contributed by atoms with Gasteiger partial charge in [-0.1, -0.05) is 12.1 Å². The molecule has 1 aliphatic carbocycles. The van der Waals surface area contributed by atoms with Crippen LogP contribution in [0.5, 0.6) is 0 Å². The van der Waals surface area contributed by atoms with Gasteiger partial charge in [0.05, 0.1) is 17.7 Å². The van der Waals surface area contributed by atoms with Crippen molar-refractivity contribution in [2.75, 3.05) is 29.9 Å². The van der Waals surface area contributed by atoms with Gasteiger partial charge in [0, 0.05) is 29.9 Å². The van der Waals surface area contributed by atoms with Crippen LogP contribution in [0.2, 0.25) is 0 Å². The topological polar surface area (TPSA) is 57.4 Å². The number of carbonyl (C=O) groups excluding carboxylic acids is 1. The Morgan fingerprint density at radius 1 is 1.25 bits per heavy atom. The largest absolute Gasteiger partial charge is 0.371 e. The van der Waals surface area contributed by atoms with Crippen molar-refractivity contribution in [2.24, 2.45) is 0 Å². The lowest BCUT2D eigenvalue weighted by atomic mass is 10.1. The number of hydrogen-bond donors (Lipinski definition) is 2. The van der Waals surface area contributed by atoms with E-state index in [1.54, 1.807) is 12.1 Å². The Morgan fingerprint density at radius 3 is 2.89 bits per heavy atom. The molecule has 1 aromatic heterocycles. The van der Waals surface area contributed by atoms with Crippen molar-refractivity contribution in [3.63, 3.8) is 0 Å². The second kappa shape index (κ2) is 6.34. The molecule has 0 unspecified atom stereocenters. The number of aryl methyl sites for hydroxylation is 1. The summed E-state index contributed by atoms with van der Waals surface area (Å²) in [7, 11) is 0. The molecule has 5 nitrogen and oxygen atoms in total. The average Bonchev–Trinajstić information content (AvgIpc) is 3.27. The number of halogens is 1. The highest BCUT2D eigenvalue weighted by molar-refractivity contribution is 6.06. The van der Waals surface area contributed by atoms with Gasteiger partial charge in [0.1, 0.15) is 11.5 Å². The zero-order valence-corrected chi connectivity index (χ0v) is 15.7. The number of rotatable bonds is 3. The van der Waals surface area contributed by atoms with Crippen LogP contribution >= 0.6 is 0 Å². The minimum absolute atomic E-state index is 0.0454. The molecule has 0 bridgehead atoms. The number of aromatic nitrogens is 1. The van der Waals surface area contributed by atoms with Gasteiger partial charge >= 0.3 is 0 Å². The number of benzene rings is 2. The molecule has 2 aliphatic rings. The minimum atomic E-state index is -0.334. The first-order valence-electron chi connectivity index (χ1n) is 9.61. The molecule has 5 rings (SSSR count). The number of aromatic amines is 1. The molecule has 2 N–H and O–H groups in total. The second-order valence-corrected chi connectivity index (χ2v) is 7.79. The highest BCUT2D eigenvalue weighted by Crippen LogP contribution is 2.43. The standard InChI is InChI=1S/C22H22FN3O2/c1-14-5-6-18(23)17-12-19(25-20(14)17)21(27)24-15-3-2-4-16(11-15)26-9-10-28-22(13-26)7-8-22/h2-6,11-12,25H,7-10,13H2,1H3,(H,24,27). The van der Waals surface area contributed by atoms with Crippen LogP contribution in [0.15, 0.2) is 42.5 Å². The van der Waals surface area contributed by atoms with Crippen LogP contribution in [0.25, 0.3) is 10.9 Å². The molecule has 0 atom stereocenters. The number of nitrogens with one attached hydrogen (secondary N) is 2. The number of morpholine rings is 1. The van der Waals surface area contributed by atoms with Gasteiger partial charge in [-0.3, -0.25) is 4.79 Å². The molecular formula is C22H22FN3O2. The Balaban J connectivity index is 1.37. The molecule has 3 aromatic rings. The van der Waals surface area contributed by atoms with Crippen LogP contribution in [0.1, 0.15) is 28.9 Å². The van der Waals surface area contributed by atoms with Crippen molar-refractivity contribution in [3.8, 4) is 0 Å². The summed E-state index contributed by atoms with van der Waals surface area (Å²) in [6, 6.07) is 12.5. The van der Waals surface area contributed by atoms with Gasteiger partial charge in [-0.15, -0.1) is 0 Å². The summed E-state index contributed by atoms with van der Waals surface area (Å²) in [5.41, 5.74) is 3.74. The smallest absolute Gasteiger partial charge is 0.272 e. The van der Waals surface area contributed by atoms with Crippen molar-refractivity contribution in [3.05, 3.63) is 59.5 Å². The molecule has 1 saturated heterocycles. The molecule has 1 spiro atoms. The number of nitrogens with zero attached hydrogens (tertiary/aromatic N) is 1. The monoisotopic (exact) mass is 379 g/mol. The molecule has 144 valence electrons. The Kier molecular flexibility index (Phi) is 3.91. The Morgan fingerprint density at radius 2 is 2.11 bits per heavy atom. The lowest BCUT2D eigenvalue weighted by molar-refractivity contribution is 0.0206. The molecule has 6 heteroatoms. The summed E-state index contributed by atoms with van der Waals surface area (Å²) in [6.07, 6.45) is 2.24. The molecule has 0 radical (unpaired) electrons. The van der Waals surface area contributed by atoms with E-state index in [4.69, 9.17) is 4.74 Å². The third kappa shape index (κ3) is 3.03. The average molecular weight is 379 g/mol. The predicted molar refractivity (Wildman–Crippen MR) is 108 cm³/mol. The van der Waals surface area contributed by atoms with Crippen LogP contribution < -0.4 is 10.2 Å². The van der Waals surface area contributed by atoms with Gasteiger partial charge in [-0.05, 0) is 55.7 Å². The van der Waals surface area contributed by atoms with Crippen molar-refractivity contribution < 1.29 is 13.9 Å². The molecule has 2 heterocycles. The lowest BCUT2D eigenvalue weighted by Gasteiger charge is -2.35. The number of hydrogen-bond acceptors (Lipinski definition) is 3. The van der Waals surface area contributed by atoms with E-state index in [9.17, 15) is 9.18 Å². The Labute approximate surface area is 162 Å². The fraction of sp³-hybridized carbons (Fsp3) is 0.318. The minimum Gasteiger partial charge on any atom is -0.371 e. The van der Waals surface area contributed by atoms with E-state index >= 15 is 0 Å². The summed E-state index contributed by atoms with van der Waals surface area (Å²) in [5.74, 6) is -0.619. The number of anilines is 2. The summed E-state index contributed by atoms with van der Waals surface area (Å²) in [6.45, 7) is 4.36. The van der Waals surface area contributed by atoms with Crippen LogP contribution in [-0.2, 0) is 4.74 Å². The van der Waals surface area contributed by atoms with Crippen LogP contribution in [0.4, 0.5) is 15.8 Å². The van der Waals surface area contributed by atoms with Crippen molar-refractivity contribution in [2.45, 2.75) is 25.4 Å². The maximum atomic E-state index is 14.0. The first-order valence-corrected chi connectivity index (χ1v) is 9.61. The summed E-state index contributed by atoms with van der Waals surface area (Å²) in [5, 5.41) is 3.36. The van der Waals surface area contributed by atoms with Crippen molar-refractivity contribution in [1.82, 2.24) is 4.98 Å². The molecule has 2 fully saturated rings. The zero-order chi connectivity index (χ0) is 19.3. The lowest BCUT2D eigenvalue weighted by Crippen LogP contribution is -2.44. The number of H-pyrrole nitrogens is 1. The fourth-order valence-electron chi connectivity index (χ4n) is 3.93. The van der Waals surface area contributed by atoms with Gasteiger partial charge < -0.3 is 19.9 Å². The fourth-order valence-corrected chi connectivity index (χ4v) is 3.93. The van der Waals surface area contributed by atoms with Crippen LogP contribution in [0, 0.1) is 12.7 Å². The highest BCUT2D eigenvalue weighted by Gasteiger charge is 2.47. The molecule has 2 aromatic carbocycles. The molecule has 28 heavy (non-hydrogen) atoms. The number of carbonyl (C=O) groups is 1. The van der Waals surface area contributed by atoms with Gasteiger partial charge in [0.15, 0.2) is 0 Å². The molecular weight excluding hydrogens is 357 g/mol. The maximum absolute atomic E-state index is 14.0. The van der Waals surface area contributed by atoms with Gasteiger partial charge in [-0.2, -0.15) is 0 Å². The number of ether oxygens (including phenoxy) is 1. The summed E-state index contributed by atoms with van der Waals surface area (Å²) < 4.78 is 19.9. The number of amides is 1. The molecule has 1 aliphatic heterocycles. The van der Waals surface area contributed by atoms with Crippen LogP contribution in [-0.4, -0.2) is 36.2 Å². The van der Waals surface area contributed by atoms with E-state index in [1.165, 1.54) is 6.07 Å². The van der Waals surface area contributed by atoms with Crippen LogP contribution in [0.3, 0.4) is 0 Å². The van der Waals surface area contributed by atoms with E-state index in [1.807, 2.05) is 25.1 Å². The van der Waals surface area contributed by atoms with Crippen molar-refractivity contribution >= 4 is 28.2 Å². The summed E-state index contributed by atoms with van der Waals surface area (Å²) in [4.78, 5) is 18.1. The Hall–Kier alpha value is -2.86. The Bertz CT molecular complexity index is 1030. The SMILES string of the molecule is Cc1ccc(F)c2cc(C(=O)Nc3cccc(N4CCOC5(CC5)C4)c3)[nH]c12. The molecule has 1 amide bonds. The van der Waals surface area contributed by atoms with Crippen molar-refractivity contribution in [1.29, 1.82) is 0 Å². The third-order valence-corrected chi connectivity index (χ3v) is 5.72. The van der Waals surface area contributed by atoms with Gasteiger partial charge in [0.2, 0.25) is 0 Å². The third-order valence-electron chi connectivity index (χ3n) is 5.72. The van der Waals surface area contributed by atoms with E-state index in [0.29, 0.717) is 16.6 Å². The van der Waals surface area contributed by atoms with E-state index in [2.05, 4.69) is 21.3 Å². The van der Waals surface area contributed by atoms with Gasteiger partial charge in [-0.25, -0.2) is 4.39 Å². The van der Waals surface area contributed by atoms with E-state index in [0.717, 1.165) is 49.5 Å². The predicted octanol–water partition coefficient (Wildman–Crippen LogP) is 4.24. The molecule has 1 saturated carbocycles. The summed E-state index contributed by atoms with van der Waals surface area (Å²) >= 11 is 0. The highest BCUT2D eigenvalue weighted by atomic mass is 19.1. The normalized spacial score (nSPS) is 17.9. The quantitative estimate of drug-likeness (QED) is 0.716. The van der Waals surface area contributed by atoms with Gasteiger partial charge in [0.25, 0.3) is 5.91 Å². The first-order chi connectivity index (χ1) is 13.5. The second-order valence-electron chi connectivity index (χ2n) is 7.79. The van der Waals surface area contributed by atoms with E-state index < -0.39 is 0 Å². The first kappa shape index (κ1) is 17.3. The number of fused-ring (bicyclic) bond motifs is 1. The maximum Gasteiger partial charge on any atom is 0.272 e.